The molecule has 0 saturated heterocycles. The summed E-state index contributed by atoms with van der Waals surface area (Å²) in [6.45, 7) is 0. The van der Waals surface area contributed by atoms with Crippen molar-refractivity contribution in [1.29, 1.82) is 0 Å². The zero-order valence-electron chi connectivity index (χ0n) is 6.42. The van der Waals surface area contributed by atoms with Crippen molar-refractivity contribution in [2.45, 2.75) is 0 Å². The topological polar surface area (TPSA) is 54.5 Å². The lowest BCUT2D eigenvalue weighted by atomic mass is 10.6. The second-order valence-corrected chi connectivity index (χ2v) is 1.54. The van der Waals surface area contributed by atoms with Gasteiger partial charge in [-0.05, 0) is 0 Å². The molecule has 0 atom stereocenters. The Bertz CT molecular complexity index is 396. The molecular formula is C5H4N4. The molecule has 0 bridgehead atoms. The van der Waals surface area contributed by atoms with Crippen molar-refractivity contribution in [3.05, 3.63) is 18.8 Å². The molecule has 4 nitrogen and oxygen atoms in total. The number of hydrogen-bond donors (Lipinski definition) is 1. The number of imidazole rings is 1. The monoisotopic (exact) mass is 122 g/mol. The SMILES string of the molecule is [2H]c1nc([2H])c2[nH]cnc2n1. The van der Waals surface area contributed by atoms with Crippen LogP contribution in [0.25, 0.3) is 11.2 Å². The van der Waals surface area contributed by atoms with E-state index < -0.39 is 0 Å². The van der Waals surface area contributed by atoms with Gasteiger partial charge in [0.25, 0.3) is 0 Å². The molecule has 2 heterocycles. The zero-order chi connectivity index (χ0) is 7.84. The summed E-state index contributed by atoms with van der Waals surface area (Å²) in [5.41, 5.74) is 0.844. The average Bonchev–Trinajstić information content (AvgIpc) is 2.34. The maximum atomic E-state index is 7.28. The molecule has 2 rings (SSSR count). The van der Waals surface area contributed by atoms with E-state index in [1.165, 1.54) is 6.33 Å². The van der Waals surface area contributed by atoms with Crippen molar-refractivity contribution in [3.8, 4) is 0 Å². The Kier molecular flexibility index (Phi) is 0.489. The van der Waals surface area contributed by atoms with E-state index in [0.717, 1.165) is 0 Å². The third-order valence-electron chi connectivity index (χ3n) is 0.993. The van der Waals surface area contributed by atoms with Crippen molar-refractivity contribution >= 4 is 11.2 Å². The molecule has 0 aliphatic heterocycles. The van der Waals surface area contributed by atoms with E-state index in [1.807, 2.05) is 0 Å². The lowest BCUT2D eigenvalue weighted by Crippen LogP contribution is -1.76. The summed E-state index contributed by atoms with van der Waals surface area (Å²) in [5, 5.41) is 0. The van der Waals surface area contributed by atoms with Crippen molar-refractivity contribution in [2.75, 3.05) is 0 Å². The van der Waals surface area contributed by atoms with Gasteiger partial charge in [-0.2, -0.15) is 0 Å². The molecule has 0 aromatic carbocycles. The fraction of sp³-hybridized carbons (Fsp3) is 0. The van der Waals surface area contributed by atoms with E-state index in [0.29, 0.717) is 11.2 Å². The summed E-state index contributed by atoms with van der Waals surface area (Å²) >= 11 is 0. The van der Waals surface area contributed by atoms with Crippen LogP contribution < -0.4 is 0 Å². The normalized spacial score (nSPS) is 13.3. The first-order valence-electron chi connectivity index (χ1n) is 3.41. The van der Waals surface area contributed by atoms with Gasteiger partial charge >= 0.3 is 0 Å². The summed E-state index contributed by atoms with van der Waals surface area (Å²) in [6, 6.07) is 0. The maximum absolute atomic E-state index is 7.28. The zero-order valence-corrected chi connectivity index (χ0v) is 4.42. The average molecular weight is 122 g/mol. The Labute approximate surface area is 53.8 Å². The van der Waals surface area contributed by atoms with E-state index in [2.05, 4.69) is 19.9 Å². The van der Waals surface area contributed by atoms with Crippen molar-refractivity contribution in [3.63, 3.8) is 0 Å². The van der Waals surface area contributed by atoms with Crippen LogP contribution in [0.4, 0.5) is 0 Å². The second-order valence-electron chi connectivity index (χ2n) is 1.54. The molecule has 2 aromatic rings. The van der Waals surface area contributed by atoms with Gasteiger partial charge in [0.05, 0.1) is 13.9 Å². The first kappa shape index (κ1) is 2.91. The van der Waals surface area contributed by atoms with Crippen LogP contribution in [0.5, 0.6) is 0 Å². The van der Waals surface area contributed by atoms with E-state index >= 15 is 0 Å². The highest BCUT2D eigenvalue weighted by Gasteiger charge is 1.91. The lowest BCUT2D eigenvalue weighted by molar-refractivity contribution is 1.20. The van der Waals surface area contributed by atoms with Gasteiger partial charge in [0.1, 0.15) is 13.2 Å². The molecule has 0 amide bonds. The molecule has 4 heteroatoms. The van der Waals surface area contributed by atoms with Gasteiger partial charge in [-0.3, -0.25) is 0 Å². The minimum absolute atomic E-state index is 0.0116. The highest BCUT2D eigenvalue weighted by atomic mass is 15.0. The van der Waals surface area contributed by atoms with Gasteiger partial charge in [-0.1, -0.05) is 0 Å². The van der Waals surface area contributed by atoms with Gasteiger partial charge in [0.2, 0.25) is 0 Å². The van der Waals surface area contributed by atoms with Gasteiger partial charge < -0.3 is 4.98 Å². The van der Waals surface area contributed by atoms with Gasteiger partial charge in [0, 0.05) is 0 Å². The van der Waals surface area contributed by atoms with Gasteiger partial charge in [-0.15, -0.1) is 0 Å². The quantitative estimate of drug-likeness (QED) is 0.548. The first-order chi connectivity index (χ1) is 5.27. The number of nitrogens with zero attached hydrogens (tertiary/aromatic N) is 3. The van der Waals surface area contributed by atoms with Crippen molar-refractivity contribution in [1.82, 2.24) is 19.9 Å². The molecule has 0 radical (unpaired) electrons. The highest BCUT2D eigenvalue weighted by Crippen LogP contribution is 1.99. The standard InChI is InChI=1S/C5H4N4/c1-4-5(8-2-6-1)9-3-7-4/h1-3H,(H,6,7,8,9)/i1D,2D. The minimum atomic E-state index is -0.172. The number of nitrogens with one attached hydrogen (secondary N) is 1. The fourth-order valence-electron chi connectivity index (χ4n) is 0.607. The molecule has 0 unspecified atom stereocenters. The van der Waals surface area contributed by atoms with Gasteiger partial charge in [-0.25, -0.2) is 15.0 Å². The van der Waals surface area contributed by atoms with Crippen molar-refractivity contribution < 1.29 is 2.74 Å². The van der Waals surface area contributed by atoms with Crippen LogP contribution in [0.2, 0.25) is 0 Å². The summed E-state index contributed by atoms with van der Waals surface area (Å²) in [5.74, 6) is 0. The van der Waals surface area contributed by atoms with Crippen LogP contribution in [0.15, 0.2) is 18.8 Å². The number of rotatable bonds is 0. The Morgan fingerprint density at radius 2 is 2.56 bits per heavy atom. The van der Waals surface area contributed by atoms with E-state index in [4.69, 9.17) is 2.74 Å². The molecule has 1 N–H and O–H groups in total. The smallest absolute Gasteiger partial charge is 0.180 e. The maximum Gasteiger partial charge on any atom is 0.180 e. The predicted molar refractivity (Wildman–Crippen MR) is 31.7 cm³/mol. The molecule has 0 aliphatic carbocycles. The largest absolute Gasteiger partial charge is 0.342 e. The molecule has 0 saturated carbocycles. The van der Waals surface area contributed by atoms with Crippen LogP contribution >= 0.6 is 0 Å². The van der Waals surface area contributed by atoms with E-state index in [-0.39, 0.29) is 12.5 Å². The molecule has 0 fully saturated rings. The molecule has 44 valence electrons. The first-order valence-corrected chi connectivity index (χ1v) is 2.41. The van der Waals surface area contributed by atoms with Gasteiger partial charge in [0.15, 0.2) is 5.65 Å². The summed E-state index contributed by atoms with van der Waals surface area (Å²) in [6.07, 6.45) is 1.27. The van der Waals surface area contributed by atoms with Crippen LogP contribution in [0.1, 0.15) is 2.74 Å². The Morgan fingerprint density at radius 3 is 3.56 bits per heavy atom. The van der Waals surface area contributed by atoms with E-state index in [9.17, 15) is 0 Å². The second kappa shape index (κ2) is 1.51. The lowest BCUT2D eigenvalue weighted by Gasteiger charge is -1.80. The van der Waals surface area contributed by atoms with Crippen LogP contribution in [0.3, 0.4) is 0 Å². The third-order valence-corrected chi connectivity index (χ3v) is 0.993. The number of aromatic amines is 1. The number of aromatic nitrogens is 4. The third kappa shape index (κ3) is 0.561. The Morgan fingerprint density at radius 1 is 1.56 bits per heavy atom. The van der Waals surface area contributed by atoms with Crippen LogP contribution in [-0.2, 0) is 0 Å². The predicted octanol–water partition coefficient (Wildman–Crippen LogP) is 0.353. The molecular weight excluding hydrogens is 116 g/mol. The summed E-state index contributed by atoms with van der Waals surface area (Å²) in [4.78, 5) is 13.7. The molecule has 0 aliphatic rings. The van der Waals surface area contributed by atoms with E-state index in [1.54, 1.807) is 0 Å². The number of fused-ring (bicyclic) bond motifs is 1. The number of H-pyrrole nitrogens is 1. The summed E-state index contributed by atoms with van der Waals surface area (Å²) < 4.78 is 14.3. The molecule has 0 spiro atoms. The minimum Gasteiger partial charge on any atom is -0.342 e. The number of hydrogen-bond acceptors (Lipinski definition) is 3. The molecule has 2 aromatic heterocycles. The Balaban J connectivity index is 2.91. The summed E-state index contributed by atoms with van der Waals surface area (Å²) in [7, 11) is 0. The fourth-order valence-corrected chi connectivity index (χ4v) is 0.607. The van der Waals surface area contributed by atoms with Crippen LogP contribution in [0, 0.1) is 0 Å². The molecule has 9 heavy (non-hydrogen) atoms. The van der Waals surface area contributed by atoms with Crippen molar-refractivity contribution in [2.24, 2.45) is 0 Å². The van der Waals surface area contributed by atoms with Crippen LogP contribution in [-0.4, -0.2) is 19.9 Å². The highest BCUT2D eigenvalue weighted by molar-refractivity contribution is 5.67. The Hall–Kier alpha value is -1.45.